The lowest BCUT2D eigenvalue weighted by Crippen LogP contribution is -2.30. The first-order chi connectivity index (χ1) is 16.0. The van der Waals surface area contributed by atoms with E-state index in [4.69, 9.17) is 4.74 Å². The van der Waals surface area contributed by atoms with Crippen LogP contribution in [0.3, 0.4) is 0 Å². The number of hydrogen-bond donors (Lipinski definition) is 2. The molecule has 4 nitrogen and oxygen atoms in total. The molecule has 2 N–H and O–H groups in total. The van der Waals surface area contributed by atoms with Gasteiger partial charge in [0.2, 0.25) is 0 Å². The monoisotopic (exact) mass is 448 g/mol. The number of hydrogen-bond acceptors (Lipinski definition) is 4. The van der Waals surface area contributed by atoms with Gasteiger partial charge in [-0.1, -0.05) is 44.0 Å². The van der Waals surface area contributed by atoms with E-state index in [0.717, 1.165) is 41.9 Å². The zero-order valence-corrected chi connectivity index (χ0v) is 20.5. The van der Waals surface area contributed by atoms with Crippen LogP contribution in [0, 0.1) is 24.7 Å². The van der Waals surface area contributed by atoms with E-state index in [1.165, 1.54) is 31.2 Å². The van der Waals surface area contributed by atoms with Gasteiger partial charge in [-0.15, -0.1) is 0 Å². The molecule has 0 bridgehead atoms. The van der Waals surface area contributed by atoms with Gasteiger partial charge in [0.15, 0.2) is 5.78 Å². The van der Waals surface area contributed by atoms with Crippen molar-refractivity contribution in [3.8, 4) is 5.75 Å². The van der Waals surface area contributed by atoms with Crippen molar-refractivity contribution < 1.29 is 9.53 Å². The fourth-order valence-electron chi connectivity index (χ4n) is 4.48. The maximum Gasteiger partial charge on any atom is 0.163 e. The first-order valence-electron chi connectivity index (χ1n) is 12.5. The minimum atomic E-state index is 0.128. The number of para-hydroxylation sites is 1. The summed E-state index contributed by atoms with van der Waals surface area (Å²) in [6.45, 7) is 8.88. The second-order valence-corrected chi connectivity index (χ2v) is 9.45. The van der Waals surface area contributed by atoms with E-state index in [0.29, 0.717) is 13.0 Å². The van der Waals surface area contributed by atoms with Crippen LogP contribution < -0.4 is 15.4 Å². The Hall–Kier alpha value is -2.59. The molecule has 0 radical (unpaired) electrons. The molecule has 2 aromatic carbocycles. The minimum Gasteiger partial charge on any atom is -0.494 e. The molecule has 33 heavy (non-hydrogen) atoms. The molecule has 1 aliphatic carbocycles. The molecule has 1 saturated carbocycles. The Morgan fingerprint density at radius 3 is 2.52 bits per heavy atom. The van der Waals surface area contributed by atoms with Crippen molar-refractivity contribution >= 4 is 11.5 Å². The Balaban J connectivity index is 1.58. The van der Waals surface area contributed by atoms with Crippen LogP contribution in [0.4, 0.5) is 5.69 Å². The number of carbonyl (C=O) groups is 1. The van der Waals surface area contributed by atoms with E-state index in [1.807, 2.05) is 49.5 Å². The van der Waals surface area contributed by atoms with Gasteiger partial charge in [0.25, 0.3) is 0 Å². The van der Waals surface area contributed by atoms with Crippen molar-refractivity contribution in [2.24, 2.45) is 17.8 Å². The minimum absolute atomic E-state index is 0.128. The highest BCUT2D eigenvalue weighted by Gasteiger charge is 2.19. The molecular weight excluding hydrogens is 408 g/mol. The fraction of sp³-hybridized carbons (Fsp3) is 0.483. The number of Topliss-reactive ketones (excluding diaryl/α,β-unsaturated/α-hetero) is 1. The molecule has 0 aromatic heterocycles. The maximum atomic E-state index is 13.0. The molecule has 0 heterocycles. The third-order valence-electron chi connectivity index (χ3n) is 6.66. The summed E-state index contributed by atoms with van der Waals surface area (Å²) in [5.41, 5.74) is 3.04. The van der Waals surface area contributed by atoms with Crippen LogP contribution in [0.15, 0.2) is 60.8 Å². The SMILES string of the molecule is CCOc1ccc(C(=O)CC(/C=C/Nc2ccccc2C)CNCC2CCC(C)CC2)cc1. The van der Waals surface area contributed by atoms with E-state index in [1.54, 1.807) is 0 Å². The first kappa shape index (κ1) is 25.0. The average Bonchev–Trinajstić information content (AvgIpc) is 2.82. The fourth-order valence-corrected chi connectivity index (χ4v) is 4.48. The van der Waals surface area contributed by atoms with Crippen LogP contribution in [0.25, 0.3) is 0 Å². The molecule has 0 saturated heterocycles. The molecule has 0 spiro atoms. The second-order valence-electron chi connectivity index (χ2n) is 9.45. The van der Waals surface area contributed by atoms with Gasteiger partial charge >= 0.3 is 0 Å². The van der Waals surface area contributed by atoms with Gasteiger partial charge in [0.05, 0.1) is 6.61 Å². The molecule has 3 rings (SSSR count). The lowest BCUT2D eigenvalue weighted by Gasteiger charge is -2.26. The van der Waals surface area contributed by atoms with Gasteiger partial charge in [0.1, 0.15) is 5.75 Å². The van der Waals surface area contributed by atoms with Gasteiger partial charge in [-0.25, -0.2) is 0 Å². The highest BCUT2D eigenvalue weighted by atomic mass is 16.5. The summed E-state index contributed by atoms with van der Waals surface area (Å²) in [6.07, 6.45) is 9.91. The zero-order chi connectivity index (χ0) is 23.5. The van der Waals surface area contributed by atoms with Crippen molar-refractivity contribution in [3.05, 3.63) is 71.9 Å². The number of benzene rings is 2. The summed E-state index contributed by atoms with van der Waals surface area (Å²) >= 11 is 0. The largest absolute Gasteiger partial charge is 0.494 e. The molecule has 1 unspecified atom stereocenters. The normalized spacial score (nSPS) is 19.4. The molecule has 1 atom stereocenters. The standard InChI is InChI=1S/C29H40N2O2/c1-4-33-27-15-13-26(14-16-27)29(32)19-25(17-18-31-28-8-6-5-7-23(28)3)21-30-20-24-11-9-22(2)10-12-24/h5-8,13-18,22,24-25,30-31H,4,9-12,19-21H2,1-3H3/b18-17+. The number of aryl methyl sites for hydroxylation is 1. The highest BCUT2D eigenvalue weighted by Crippen LogP contribution is 2.27. The summed E-state index contributed by atoms with van der Waals surface area (Å²) in [4.78, 5) is 13.0. The van der Waals surface area contributed by atoms with Crippen LogP contribution in [-0.2, 0) is 0 Å². The maximum absolute atomic E-state index is 13.0. The highest BCUT2D eigenvalue weighted by molar-refractivity contribution is 5.96. The Bertz CT molecular complexity index is 883. The molecule has 0 amide bonds. The summed E-state index contributed by atoms with van der Waals surface area (Å²) in [5.74, 6) is 2.73. The Labute approximate surface area is 199 Å². The van der Waals surface area contributed by atoms with E-state index in [2.05, 4.69) is 42.7 Å². The number of ketones is 1. The Kier molecular flexibility index (Phi) is 10.0. The molecule has 178 valence electrons. The predicted octanol–water partition coefficient (Wildman–Crippen LogP) is 6.62. The Morgan fingerprint density at radius 2 is 1.82 bits per heavy atom. The number of ether oxygens (including phenoxy) is 1. The molecule has 1 fully saturated rings. The van der Waals surface area contributed by atoms with Crippen LogP contribution in [0.5, 0.6) is 5.75 Å². The number of anilines is 1. The average molecular weight is 449 g/mol. The molecule has 4 heteroatoms. The quantitative estimate of drug-likeness (QED) is 0.358. The number of carbonyl (C=O) groups excluding carboxylic acids is 1. The molecule has 2 aromatic rings. The van der Waals surface area contributed by atoms with Crippen LogP contribution >= 0.6 is 0 Å². The summed E-state index contributed by atoms with van der Waals surface area (Å²) in [7, 11) is 0. The van der Waals surface area contributed by atoms with E-state index in [9.17, 15) is 4.79 Å². The van der Waals surface area contributed by atoms with Crippen molar-refractivity contribution in [2.75, 3.05) is 25.0 Å². The molecule has 1 aliphatic rings. The molecule has 0 aliphatic heterocycles. The topological polar surface area (TPSA) is 50.4 Å². The third-order valence-corrected chi connectivity index (χ3v) is 6.66. The van der Waals surface area contributed by atoms with Gasteiger partial charge in [-0.3, -0.25) is 4.79 Å². The third kappa shape index (κ3) is 8.36. The smallest absolute Gasteiger partial charge is 0.163 e. The second kappa shape index (κ2) is 13.2. The van der Waals surface area contributed by atoms with E-state index >= 15 is 0 Å². The van der Waals surface area contributed by atoms with Crippen molar-refractivity contribution in [1.29, 1.82) is 0 Å². The van der Waals surface area contributed by atoms with Crippen molar-refractivity contribution in [1.82, 2.24) is 5.32 Å². The van der Waals surface area contributed by atoms with Gasteiger partial charge < -0.3 is 15.4 Å². The number of rotatable bonds is 12. The van der Waals surface area contributed by atoms with E-state index < -0.39 is 0 Å². The summed E-state index contributed by atoms with van der Waals surface area (Å²) in [5, 5.41) is 7.05. The zero-order valence-electron chi connectivity index (χ0n) is 20.5. The van der Waals surface area contributed by atoms with Crippen molar-refractivity contribution in [3.63, 3.8) is 0 Å². The predicted molar refractivity (Wildman–Crippen MR) is 138 cm³/mol. The van der Waals surface area contributed by atoms with Crippen molar-refractivity contribution in [2.45, 2.75) is 52.9 Å². The Morgan fingerprint density at radius 1 is 1.09 bits per heavy atom. The van der Waals surface area contributed by atoms with Crippen LogP contribution in [-0.4, -0.2) is 25.5 Å². The van der Waals surface area contributed by atoms with Gasteiger partial charge in [0, 0.05) is 24.2 Å². The summed E-state index contributed by atoms with van der Waals surface area (Å²) in [6, 6.07) is 15.7. The van der Waals surface area contributed by atoms with Gasteiger partial charge in [-0.05, 0) is 93.1 Å². The van der Waals surface area contributed by atoms with Gasteiger partial charge in [-0.2, -0.15) is 0 Å². The first-order valence-corrected chi connectivity index (χ1v) is 12.5. The van der Waals surface area contributed by atoms with E-state index in [-0.39, 0.29) is 11.7 Å². The van der Waals surface area contributed by atoms with Crippen LogP contribution in [0.2, 0.25) is 0 Å². The van der Waals surface area contributed by atoms with Crippen LogP contribution in [0.1, 0.15) is 61.9 Å². The number of nitrogens with one attached hydrogen (secondary N) is 2. The molecular formula is C29H40N2O2. The lowest BCUT2D eigenvalue weighted by atomic mass is 9.83. The summed E-state index contributed by atoms with van der Waals surface area (Å²) < 4.78 is 5.50. The lowest BCUT2D eigenvalue weighted by molar-refractivity contribution is 0.0968.